The topological polar surface area (TPSA) is 37.8 Å². The second-order valence-electron chi connectivity index (χ2n) is 5.18. The maximum absolute atomic E-state index is 12.5. The first kappa shape index (κ1) is 13.0. The summed E-state index contributed by atoms with van der Waals surface area (Å²) in [6.45, 7) is 6.22. The molecule has 0 bridgehead atoms. The van der Waals surface area contributed by atoms with Gasteiger partial charge in [0, 0.05) is 5.54 Å². The number of para-hydroxylation sites is 1. The van der Waals surface area contributed by atoms with Crippen LogP contribution in [0.1, 0.15) is 33.6 Å². The minimum absolute atomic E-state index is 0.00667. The van der Waals surface area contributed by atoms with Gasteiger partial charge < -0.3 is 4.98 Å². The van der Waals surface area contributed by atoms with Crippen molar-refractivity contribution in [2.75, 3.05) is 0 Å². The van der Waals surface area contributed by atoms with Crippen LogP contribution in [0, 0.1) is 4.77 Å². The zero-order valence-electron chi connectivity index (χ0n) is 11.0. The van der Waals surface area contributed by atoms with Crippen LogP contribution in [0.15, 0.2) is 29.1 Å². The Morgan fingerprint density at radius 2 is 2.00 bits per heavy atom. The fraction of sp³-hybridized carbons (Fsp3) is 0.429. The Bertz CT molecular complexity index is 682. The second-order valence-corrected chi connectivity index (χ2v) is 5.57. The number of aromatic amines is 1. The first-order chi connectivity index (χ1) is 8.47. The number of fused-ring (bicyclic) bond motifs is 1. The van der Waals surface area contributed by atoms with E-state index in [1.165, 1.54) is 0 Å². The fourth-order valence-corrected chi connectivity index (χ4v) is 2.88. The van der Waals surface area contributed by atoms with E-state index in [0.717, 1.165) is 18.4 Å². The lowest BCUT2D eigenvalue weighted by Crippen LogP contribution is -2.37. The van der Waals surface area contributed by atoms with Gasteiger partial charge in [0.25, 0.3) is 5.56 Å². The van der Waals surface area contributed by atoms with E-state index >= 15 is 0 Å². The lowest BCUT2D eigenvalue weighted by molar-refractivity contribution is 0.309. The van der Waals surface area contributed by atoms with Crippen molar-refractivity contribution in [3.05, 3.63) is 39.4 Å². The molecule has 0 aliphatic rings. The van der Waals surface area contributed by atoms with Crippen LogP contribution in [0.3, 0.4) is 0 Å². The third kappa shape index (κ3) is 2.12. The first-order valence-corrected chi connectivity index (χ1v) is 6.63. The van der Waals surface area contributed by atoms with Crippen molar-refractivity contribution in [2.24, 2.45) is 0 Å². The van der Waals surface area contributed by atoms with E-state index in [2.05, 4.69) is 25.8 Å². The quantitative estimate of drug-likeness (QED) is 0.858. The number of hydrogen-bond acceptors (Lipinski definition) is 2. The van der Waals surface area contributed by atoms with Gasteiger partial charge in [-0.2, -0.15) is 0 Å². The summed E-state index contributed by atoms with van der Waals surface area (Å²) in [4.78, 5) is 15.7. The normalized spacial score (nSPS) is 11.9. The van der Waals surface area contributed by atoms with Crippen LogP contribution in [-0.4, -0.2) is 9.55 Å². The predicted octanol–water partition coefficient (Wildman–Crippen LogP) is 3.59. The third-order valence-electron chi connectivity index (χ3n) is 3.27. The molecule has 0 atom stereocenters. The van der Waals surface area contributed by atoms with Crippen molar-refractivity contribution >= 4 is 23.1 Å². The van der Waals surface area contributed by atoms with Gasteiger partial charge in [0.1, 0.15) is 0 Å². The van der Waals surface area contributed by atoms with Crippen LogP contribution in [0.4, 0.5) is 0 Å². The summed E-state index contributed by atoms with van der Waals surface area (Å²) in [5.41, 5.74) is 0.535. The zero-order valence-corrected chi connectivity index (χ0v) is 11.8. The van der Waals surface area contributed by atoms with E-state index < -0.39 is 0 Å². The Hall–Kier alpha value is -1.42. The summed E-state index contributed by atoms with van der Waals surface area (Å²) in [6.07, 6.45) is 1.93. The molecule has 1 aromatic carbocycles. The van der Waals surface area contributed by atoms with Crippen molar-refractivity contribution in [2.45, 2.75) is 39.2 Å². The lowest BCUT2D eigenvalue weighted by atomic mass is 9.98. The SMILES string of the molecule is CCCC(C)(C)n1c(=S)[nH]c2ccccc2c1=O. The molecule has 2 aromatic rings. The summed E-state index contributed by atoms with van der Waals surface area (Å²) >= 11 is 5.34. The van der Waals surface area contributed by atoms with Crippen LogP contribution >= 0.6 is 12.2 Å². The molecule has 0 unspecified atom stereocenters. The molecular weight excluding hydrogens is 244 g/mol. The molecule has 0 saturated carbocycles. The monoisotopic (exact) mass is 262 g/mol. The van der Waals surface area contributed by atoms with Crippen LogP contribution in [0.25, 0.3) is 10.9 Å². The second kappa shape index (κ2) is 4.69. The number of nitrogens with zero attached hydrogens (tertiary/aromatic N) is 1. The summed E-state index contributed by atoms with van der Waals surface area (Å²) in [6, 6.07) is 7.48. The zero-order chi connectivity index (χ0) is 13.3. The highest BCUT2D eigenvalue weighted by Gasteiger charge is 2.22. The maximum Gasteiger partial charge on any atom is 0.262 e. The van der Waals surface area contributed by atoms with Gasteiger partial charge in [0.2, 0.25) is 0 Å². The van der Waals surface area contributed by atoms with Gasteiger partial charge in [-0.1, -0.05) is 25.5 Å². The Kier molecular flexibility index (Phi) is 3.39. The molecule has 0 saturated heterocycles. The van der Waals surface area contributed by atoms with E-state index in [0.29, 0.717) is 10.2 Å². The molecule has 0 spiro atoms. The van der Waals surface area contributed by atoms with E-state index in [4.69, 9.17) is 12.2 Å². The summed E-state index contributed by atoms with van der Waals surface area (Å²) < 4.78 is 2.20. The fourth-order valence-electron chi connectivity index (χ4n) is 2.44. The predicted molar refractivity (Wildman–Crippen MR) is 77.6 cm³/mol. The average Bonchev–Trinajstić information content (AvgIpc) is 2.28. The molecule has 2 rings (SSSR count). The highest BCUT2D eigenvalue weighted by atomic mass is 32.1. The standard InChI is InChI=1S/C14H18N2OS/c1-4-9-14(2,3)16-12(17)10-7-5-6-8-11(10)15-13(16)18/h5-8H,4,9H2,1-3H3,(H,15,18). The minimum atomic E-state index is -0.260. The van der Waals surface area contributed by atoms with Crippen LogP contribution in [-0.2, 0) is 5.54 Å². The smallest absolute Gasteiger partial charge is 0.262 e. The molecule has 1 aromatic heterocycles. The van der Waals surface area contributed by atoms with Crippen LogP contribution in [0.2, 0.25) is 0 Å². The number of rotatable bonds is 3. The summed E-state index contributed by atoms with van der Waals surface area (Å²) in [7, 11) is 0. The van der Waals surface area contributed by atoms with Gasteiger partial charge in [-0.15, -0.1) is 0 Å². The van der Waals surface area contributed by atoms with Gasteiger partial charge in [-0.25, -0.2) is 0 Å². The lowest BCUT2D eigenvalue weighted by Gasteiger charge is -2.27. The Labute approximate surface area is 111 Å². The first-order valence-electron chi connectivity index (χ1n) is 6.22. The molecule has 3 nitrogen and oxygen atoms in total. The summed E-state index contributed by atoms with van der Waals surface area (Å²) in [5, 5.41) is 0.690. The molecule has 0 radical (unpaired) electrons. The Morgan fingerprint density at radius 3 is 2.67 bits per heavy atom. The average molecular weight is 262 g/mol. The van der Waals surface area contributed by atoms with Gasteiger partial charge in [-0.05, 0) is 44.6 Å². The number of nitrogens with one attached hydrogen (secondary N) is 1. The molecule has 1 heterocycles. The largest absolute Gasteiger partial charge is 0.332 e. The third-order valence-corrected chi connectivity index (χ3v) is 3.56. The van der Waals surface area contributed by atoms with E-state index in [1.54, 1.807) is 4.57 Å². The van der Waals surface area contributed by atoms with Crippen molar-refractivity contribution in [3.63, 3.8) is 0 Å². The van der Waals surface area contributed by atoms with Crippen molar-refractivity contribution in [1.82, 2.24) is 9.55 Å². The van der Waals surface area contributed by atoms with Crippen molar-refractivity contribution in [3.8, 4) is 0 Å². The van der Waals surface area contributed by atoms with E-state index in [-0.39, 0.29) is 11.1 Å². The molecule has 0 fully saturated rings. The highest BCUT2D eigenvalue weighted by molar-refractivity contribution is 7.71. The Balaban J connectivity index is 2.80. The molecule has 4 heteroatoms. The van der Waals surface area contributed by atoms with Gasteiger partial charge in [0.05, 0.1) is 10.9 Å². The van der Waals surface area contributed by atoms with Crippen molar-refractivity contribution < 1.29 is 0 Å². The maximum atomic E-state index is 12.5. The van der Waals surface area contributed by atoms with Gasteiger partial charge in [0.15, 0.2) is 4.77 Å². The van der Waals surface area contributed by atoms with Gasteiger partial charge in [-0.3, -0.25) is 9.36 Å². The van der Waals surface area contributed by atoms with E-state index in [1.807, 2.05) is 24.3 Å². The molecule has 0 aliphatic heterocycles. The molecule has 0 aliphatic carbocycles. The number of hydrogen-bond donors (Lipinski definition) is 1. The van der Waals surface area contributed by atoms with Crippen LogP contribution in [0.5, 0.6) is 0 Å². The van der Waals surface area contributed by atoms with Gasteiger partial charge >= 0.3 is 0 Å². The van der Waals surface area contributed by atoms with Crippen molar-refractivity contribution in [1.29, 1.82) is 0 Å². The molecular formula is C14H18N2OS. The molecule has 96 valence electrons. The summed E-state index contributed by atoms with van der Waals surface area (Å²) in [5.74, 6) is 0. The number of H-pyrrole nitrogens is 1. The Morgan fingerprint density at radius 1 is 1.33 bits per heavy atom. The minimum Gasteiger partial charge on any atom is -0.332 e. The van der Waals surface area contributed by atoms with Crippen LogP contribution < -0.4 is 5.56 Å². The highest BCUT2D eigenvalue weighted by Crippen LogP contribution is 2.21. The molecule has 18 heavy (non-hydrogen) atoms. The number of aromatic nitrogens is 2. The number of benzene rings is 1. The molecule has 0 amide bonds. The van der Waals surface area contributed by atoms with E-state index in [9.17, 15) is 4.79 Å². The molecule has 1 N–H and O–H groups in total.